The summed E-state index contributed by atoms with van der Waals surface area (Å²) in [6.07, 6.45) is 2.37. The molecule has 0 radical (unpaired) electrons. The molecule has 2 aromatic rings. The molecule has 2 rings (SSSR count). The van der Waals surface area contributed by atoms with Crippen molar-refractivity contribution in [1.82, 2.24) is 25.5 Å². The maximum Gasteiger partial charge on any atom is 0.143 e. The van der Waals surface area contributed by atoms with Crippen molar-refractivity contribution in [3.63, 3.8) is 0 Å². The summed E-state index contributed by atoms with van der Waals surface area (Å²) in [5.74, 6) is 0. The molecule has 0 fully saturated rings. The fourth-order valence-corrected chi connectivity index (χ4v) is 2.15. The molecule has 0 spiro atoms. The van der Waals surface area contributed by atoms with Crippen LogP contribution in [0.2, 0.25) is 0 Å². The Balaban J connectivity index is 2.03. The van der Waals surface area contributed by atoms with Gasteiger partial charge < -0.3 is 10.4 Å². The zero-order chi connectivity index (χ0) is 15.3. The van der Waals surface area contributed by atoms with Crippen LogP contribution in [-0.4, -0.2) is 38.5 Å². The van der Waals surface area contributed by atoms with E-state index >= 15 is 0 Å². The number of aliphatic hydroxyl groups excluding tert-OH is 1. The first-order valence-electron chi connectivity index (χ1n) is 7.19. The molecular weight excluding hydrogens is 266 g/mol. The average Bonchev–Trinajstić information content (AvgIpc) is 2.99. The highest BCUT2D eigenvalue weighted by molar-refractivity contribution is 5.35. The van der Waals surface area contributed by atoms with Gasteiger partial charge >= 0.3 is 0 Å². The van der Waals surface area contributed by atoms with Gasteiger partial charge in [-0.15, -0.1) is 5.10 Å². The number of tetrazole rings is 1. The Labute approximate surface area is 125 Å². The van der Waals surface area contributed by atoms with Gasteiger partial charge in [0.25, 0.3) is 0 Å². The van der Waals surface area contributed by atoms with Crippen LogP contribution in [0.25, 0.3) is 5.69 Å². The molecule has 1 unspecified atom stereocenters. The molecule has 0 aliphatic carbocycles. The van der Waals surface area contributed by atoms with Crippen LogP contribution in [0.5, 0.6) is 0 Å². The van der Waals surface area contributed by atoms with Gasteiger partial charge in [0, 0.05) is 19.2 Å². The minimum Gasteiger partial charge on any atom is -0.396 e. The van der Waals surface area contributed by atoms with Gasteiger partial charge in [0.15, 0.2) is 0 Å². The van der Waals surface area contributed by atoms with Crippen LogP contribution in [0.15, 0.2) is 30.6 Å². The summed E-state index contributed by atoms with van der Waals surface area (Å²) in [7, 11) is 0. The third-order valence-corrected chi connectivity index (χ3v) is 3.66. The molecule has 1 atom stereocenters. The minimum absolute atomic E-state index is 0.0798. The number of nitrogens with one attached hydrogen (secondary N) is 1. The lowest BCUT2D eigenvalue weighted by molar-refractivity contribution is 0.204. The van der Waals surface area contributed by atoms with Crippen molar-refractivity contribution in [2.24, 2.45) is 5.41 Å². The molecule has 21 heavy (non-hydrogen) atoms. The van der Waals surface area contributed by atoms with Gasteiger partial charge in [-0.25, -0.2) is 4.68 Å². The zero-order valence-electron chi connectivity index (χ0n) is 12.8. The number of aromatic nitrogens is 4. The number of aliphatic hydroxyl groups is 1. The summed E-state index contributed by atoms with van der Waals surface area (Å²) in [5, 5.41) is 23.8. The van der Waals surface area contributed by atoms with E-state index in [1.165, 1.54) is 5.56 Å². The fourth-order valence-electron chi connectivity index (χ4n) is 2.15. The highest BCUT2D eigenvalue weighted by Crippen LogP contribution is 2.21. The second-order valence-electron chi connectivity index (χ2n) is 6.09. The minimum atomic E-state index is 0.0798. The maximum absolute atomic E-state index is 9.08. The fraction of sp³-hybridized carbons (Fsp3) is 0.533. The number of hydrogen-bond acceptors (Lipinski definition) is 5. The maximum atomic E-state index is 9.08. The number of benzene rings is 1. The Bertz CT molecular complexity index is 553. The van der Waals surface area contributed by atoms with Crippen LogP contribution in [0.3, 0.4) is 0 Å². The summed E-state index contributed by atoms with van der Waals surface area (Å²) in [4.78, 5) is 0. The Morgan fingerprint density at radius 1 is 1.38 bits per heavy atom. The summed E-state index contributed by atoms with van der Waals surface area (Å²) >= 11 is 0. The van der Waals surface area contributed by atoms with Crippen molar-refractivity contribution in [2.45, 2.75) is 33.2 Å². The molecule has 1 aromatic carbocycles. The molecule has 114 valence electrons. The zero-order valence-corrected chi connectivity index (χ0v) is 12.8. The van der Waals surface area contributed by atoms with E-state index in [0.29, 0.717) is 0 Å². The first-order valence-corrected chi connectivity index (χ1v) is 7.19. The van der Waals surface area contributed by atoms with E-state index in [1.807, 2.05) is 12.1 Å². The van der Waals surface area contributed by atoms with Gasteiger partial charge in [0.2, 0.25) is 0 Å². The largest absolute Gasteiger partial charge is 0.396 e. The summed E-state index contributed by atoms with van der Waals surface area (Å²) in [6, 6.07) is 8.36. The molecule has 0 amide bonds. The monoisotopic (exact) mass is 289 g/mol. The number of hydrogen-bond donors (Lipinski definition) is 2. The van der Waals surface area contributed by atoms with Gasteiger partial charge in [-0.3, -0.25) is 0 Å². The molecule has 0 saturated carbocycles. The van der Waals surface area contributed by atoms with Crippen molar-refractivity contribution in [2.75, 3.05) is 13.2 Å². The second-order valence-corrected chi connectivity index (χ2v) is 6.09. The summed E-state index contributed by atoms with van der Waals surface area (Å²) < 4.78 is 1.64. The van der Waals surface area contributed by atoms with E-state index in [2.05, 4.69) is 53.7 Å². The van der Waals surface area contributed by atoms with Gasteiger partial charge in [-0.2, -0.15) is 0 Å². The smallest absolute Gasteiger partial charge is 0.143 e. The van der Waals surface area contributed by atoms with Crippen LogP contribution >= 0.6 is 0 Å². The molecule has 1 heterocycles. The Morgan fingerprint density at radius 2 is 2.19 bits per heavy atom. The predicted molar refractivity (Wildman–Crippen MR) is 81.1 cm³/mol. The van der Waals surface area contributed by atoms with E-state index in [-0.39, 0.29) is 18.1 Å². The third-order valence-electron chi connectivity index (χ3n) is 3.66. The van der Waals surface area contributed by atoms with E-state index in [4.69, 9.17) is 5.11 Å². The van der Waals surface area contributed by atoms with Gasteiger partial charge in [-0.1, -0.05) is 26.0 Å². The molecule has 6 heteroatoms. The van der Waals surface area contributed by atoms with Crippen molar-refractivity contribution in [1.29, 1.82) is 0 Å². The molecule has 6 nitrogen and oxygen atoms in total. The van der Waals surface area contributed by atoms with Crippen LogP contribution in [0, 0.1) is 5.41 Å². The lowest BCUT2D eigenvalue weighted by Gasteiger charge is -2.26. The van der Waals surface area contributed by atoms with Crippen molar-refractivity contribution >= 4 is 0 Å². The van der Waals surface area contributed by atoms with E-state index in [0.717, 1.165) is 18.7 Å². The quantitative estimate of drug-likeness (QED) is 0.811. The summed E-state index contributed by atoms with van der Waals surface area (Å²) in [5.41, 5.74) is 2.21. The molecular formula is C15H23N5O. The number of rotatable bonds is 7. The lowest BCUT2D eigenvalue weighted by atomic mass is 9.89. The SMILES string of the molecule is CC(NCC(C)(C)CCO)c1cccc(-n2cnnn2)c1. The first-order chi connectivity index (χ1) is 10.0. The molecule has 0 aliphatic heterocycles. The standard InChI is InChI=1S/C15H23N5O/c1-12(16-10-15(2,3)7-8-21)13-5-4-6-14(9-13)20-11-17-18-19-20/h4-6,9,11-12,16,21H,7-8,10H2,1-3H3. The molecule has 1 aromatic heterocycles. The van der Waals surface area contributed by atoms with Crippen LogP contribution < -0.4 is 5.32 Å². The normalized spacial score (nSPS) is 13.3. The Morgan fingerprint density at radius 3 is 2.86 bits per heavy atom. The van der Waals surface area contributed by atoms with E-state index in [1.54, 1.807) is 11.0 Å². The molecule has 0 saturated heterocycles. The van der Waals surface area contributed by atoms with Crippen LogP contribution in [0.1, 0.15) is 38.8 Å². The van der Waals surface area contributed by atoms with Crippen molar-refractivity contribution < 1.29 is 5.11 Å². The highest BCUT2D eigenvalue weighted by Gasteiger charge is 2.18. The predicted octanol–water partition coefficient (Wildman–Crippen LogP) is 1.72. The molecule has 0 aliphatic rings. The van der Waals surface area contributed by atoms with Crippen molar-refractivity contribution in [3.05, 3.63) is 36.2 Å². The number of nitrogens with zero attached hydrogens (tertiary/aromatic N) is 4. The van der Waals surface area contributed by atoms with Crippen LogP contribution in [-0.2, 0) is 0 Å². The lowest BCUT2D eigenvalue weighted by Crippen LogP contribution is -2.32. The molecule has 0 bridgehead atoms. The first kappa shape index (κ1) is 15.6. The molecule has 2 N–H and O–H groups in total. The van der Waals surface area contributed by atoms with Gasteiger partial charge in [-0.05, 0) is 46.9 Å². The Hall–Kier alpha value is -1.79. The van der Waals surface area contributed by atoms with E-state index in [9.17, 15) is 0 Å². The Kier molecular flexibility index (Phi) is 5.03. The topological polar surface area (TPSA) is 75.9 Å². The summed E-state index contributed by atoms with van der Waals surface area (Å²) in [6.45, 7) is 7.51. The highest BCUT2D eigenvalue weighted by atomic mass is 16.3. The van der Waals surface area contributed by atoms with Crippen molar-refractivity contribution in [3.8, 4) is 5.69 Å². The average molecular weight is 289 g/mol. The second kappa shape index (κ2) is 6.78. The van der Waals surface area contributed by atoms with E-state index < -0.39 is 0 Å². The van der Waals surface area contributed by atoms with Crippen LogP contribution in [0.4, 0.5) is 0 Å². The van der Waals surface area contributed by atoms with Gasteiger partial charge in [0.1, 0.15) is 6.33 Å². The van der Waals surface area contributed by atoms with Gasteiger partial charge in [0.05, 0.1) is 5.69 Å². The third kappa shape index (κ3) is 4.34.